The van der Waals surface area contributed by atoms with E-state index in [4.69, 9.17) is 11.6 Å². The molecular weight excluding hydrogens is 358 g/mol. The van der Waals surface area contributed by atoms with Gasteiger partial charge < -0.3 is 10.0 Å². The Kier molecular flexibility index (Phi) is 4.94. The van der Waals surface area contributed by atoms with E-state index in [0.717, 1.165) is 4.47 Å². The van der Waals surface area contributed by atoms with E-state index in [1.54, 1.807) is 17.0 Å². The molecule has 1 heterocycles. The minimum absolute atomic E-state index is 0.0269. The fourth-order valence-electron chi connectivity index (χ4n) is 2.75. The van der Waals surface area contributed by atoms with Crippen molar-refractivity contribution in [3.05, 3.63) is 33.3 Å². The highest BCUT2D eigenvalue weighted by molar-refractivity contribution is 9.10. The summed E-state index contributed by atoms with van der Waals surface area (Å²) < 4.78 is 0.822. The molecule has 1 amide bonds. The number of carbonyl (C=O) groups is 2. The predicted molar refractivity (Wildman–Crippen MR) is 84.2 cm³/mol. The summed E-state index contributed by atoms with van der Waals surface area (Å²) >= 11 is 9.60. The third kappa shape index (κ3) is 3.40. The lowest BCUT2D eigenvalue weighted by atomic mass is 9.93. The van der Waals surface area contributed by atoms with Gasteiger partial charge in [-0.1, -0.05) is 47.4 Å². The van der Waals surface area contributed by atoms with E-state index in [0.29, 0.717) is 17.1 Å². The van der Waals surface area contributed by atoms with Crippen LogP contribution in [0.25, 0.3) is 0 Å². The molecule has 1 aromatic rings. The molecule has 0 aliphatic carbocycles. The van der Waals surface area contributed by atoms with Gasteiger partial charge in [0, 0.05) is 22.5 Å². The average molecular weight is 375 g/mol. The van der Waals surface area contributed by atoms with Crippen LogP contribution in [0.3, 0.4) is 0 Å². The molecule has 6 heteroatoms. The second kappa shape index (κ2) is 6.36. The first-order valence-corrected chi connectivity index (χ1v) is 7.95. The molecule has 1 aliphatic heterocycles. The van der Waals surface area contributed by atoms with Gasteiger partial charge >= 0.3 is 5.97 Å². The van der Waals surface area contributed by atoms with Crippen LogP contribution in [0.1, 0.15) is 31.9 Å². The smallest absolute Gasteiger partial charge is 0.309 e. The monoisotopic (exact) mass is 373 g/mol. The fraction of sp³-hybridized carbons (Fsp3) is 0.467. The quantitative estimate of drug-likeness (QED) is 0.873. The molecule has 1 N–H and O–H groups in total. The van der Waals surface area contributed by atoms with Crippen molar-refractivity contribution in [2.45, 2.75) is 26.3 Å². The van der Waals surface area contributed by atoms with E-state index in [2.05, 4.69) is 15.9 Å². The summed E-state index contributed by atoms with van der Waals surface area (Å²) in [6, 6.07) is 4.83. The lowest BCUT2D eigenvalue weighted by molar-refractivity contribution is -0.142. The molecule has 1 fully saturated rings. The number of carboxylic acids is 1. The van der Waals surface area contributed by atoms with Gasteiger partial charge in [-0.15, -0.1) is 0 Å². The van der Waals surface area contributed by atoms with Crippen LogP contribution in [0.4, 0.5) is 0 Å². The van der Waals surface area contributed by atoms with Gasteiger partial charge in [-0.3, -0.25) is 9.59 Å². The number of benzene rings is 1. The van der Waals surface area contributed by atoms with Crippen LogP contribution >= 0.6 is 27.5 Å². The molecule has 0 radical (unpaired) electrons. The number of carbonyl (C=O) groups excluding carboxylic acids is 1. The van der Waals surface area contributed by atoms with E-state index in [1.807, 2.05) is 19.9 Å². The van der Waals surface area contributed by atoms with Crippen LogP contribution in [0, 0.1) is 11.8 Å². The van der Waals surface area contributed by atoms with E-state index < -0.39 is 17.9 Å². The van der Waals surface area contributed by atoms with Crippen LogP contribution < -0.4 is 0 Å². The first-order chi connectivity index (χ1) is 9.81. The molecule has 2 unspecified atom stereocenters. The number of amides is 1. The van der Waals surface area contributed by atoms with Crippen molar-refractivity contribution in [1.29, 1.82) is 0 Å². The lowest BCUT2D eigenvalue weighted by Crippen LogP contribution is -2.33. The minimum Gasteiger partial charge on any atom is -0.481 e. The van der Waals surface area contributed by atoms with Crippen LogP contribution in [0.2, 0.25) is 5.02 Å². The van der Waals surface area contributed by atoms with Crippen molar-refractivity contribution in [3.8, 4) is 0 Å². The Morgan fingerprint density at radius 3 is 2.71 bits per heavy atom. The number of carboxylic acid groups (broad SMARTS) is 1. The number of rotatable bonds is 4. The normalized spacial score (nSPS) is 22.1. The molecule has 2 rings (SSSR count). The van der Waals surface area contributed by atoms with Crippen LogP contribution in [-0.4, -0.2) is 28.4 Å². The van der Waals surface area contributed by atoms with Crippen LogP contribution in [0.5, 0.6) is 0 Å². The first-order valence-electron chi connectivity index (χ1n) is 6.78. The summed E-state index contributed by atoms with van der Waals surface area (Å²) in [4.78, 5) is 25.4. The predicted octanol–water partition coefficient (Wildman–Crippen LogP) is 3.73. The van der Waals surface area contributed by atoms with Gasteiger partial charge in [-0.25, -0.2) is 0 Å². The summed E-state index contributed by atoms with van der Waals surface area (Å²) in [6.45, 7) is 4.53. The molecular formula is C15H17BrClNO3. The van der Waals surface area contributed by atoms with Crippen molar-refractivity contribution < 1.29 is 14.7 Å². The number of aliphatic carboxylic acids is 1. The summed E-state index contributed by atoms with van der Waals surface area (Å²) in [5.41, 5.74) is 0.693. The molecule has 0 spiro atoms. The molecule has 2 atom stereocenters. The minimum atomic E-state index is -0.960. The highest BCUT2D eigenvalue weighted by Gasteiger charge is 2.45. The van der Waals surface area contributed by atoms with Gasteiger partial charge in [0.05, 0.1) is 12.0 Å². The average Bonchev–Trinajstić information content (AvgIpc) is 2.67. The second-order valence-corrected chi connectivity index (χ2v) is 7.02. The van der Waals surface area contributed by atoms with E-state index >= 15 is 0 Å². The number of nitrogens with zero attached hydrogens (tertiary/aromatic N) is 1. The molecule has 1 aliphatic rings. The van der Waals surface area contributed by atoms with E-state index in [-0.39, 0.29) is 18.2 Å². The molecule has 4 nitrogen and oxygen atoms in total. The Morgan fingerprint density at radius 1 is 1.52 bits per heavy atom. The maximum absolute atomic E-state index is 12.2. The Hall–Kier alpha value is -1.07. The molecule has 21 heavy (non-hydrogen) atoms. The van der Waals surface area contributed by atoms with Gasteiger partial charge in [0.25, 0.3) is 0 Å². The van der Waals surface area contributed by atoms with E-state index in [9.17, 15) is 14.7 Å². The Balaban J connectivity index is 2.46. The number of halogens is 2. The van der Waals surface area contributed by atoms with Crippen molar-refractivity contribution in [3.63, 3.8) is 0 Å². The van der Waals surface area contributed by atoms with E-state index in [1.165, 1.54) is 0 Å². The summed E-state index contributed by atoms with van der Waals surface area (Å²) in [5, 5.41) is 9.90. The number of hydrogen-bond acceptors (Lipinski definition) is 2. The lowest BCUT2D eigenvalue weighted by Gasteiger charge is -2.29. The summed E-state index contributed by atoms with van der Waals surface area (Å²) in [6.07, 6.45) is 0.0269. The Bertz CT molecular complexity index is 576. The number of likely N-dealkylation sites (tertiary alicyclic amines) is 1. The van der Waals surface area contributed by atoms with Crippen LogP contribution in [0.15, 0.2) is 22.7 Å². The zero-order valence-corrected chi connectivity index (χ0v) is 14.2. The van der Waals surface area contributed by atoms with Gasteiger partial charge in [0.2, 0.25) is 5.91 Å². The third-order valence-corrected chi connectivity index (χ3v) is 4.41. The molecule has 1 saturated heterocycles. The maximum atomic E-state index is 12.2. The molecule has 0 saturated carbocycles. The molecule has 114 valence electrons. The molecule has 0 bridgehead atoms. The SMILES string of the molecule is CC(C)CN1C(=O)CC(C(=O)O)C1c1ccc(Br)cc1Cl. The molecule has 0 aromatic heterocycles. The number of hydrogen-bond donors (Lipinski definition) is 1. The standard InChI is InChI=1S/C15H17BrClNO3/c1-8(2)7-18-13(19)6-11(15(20)21)14(18)10-4-3-9(16)5-12(10)17/h3-5,8,11,14H,6-7H2,1-2H3,(H,20,21). The third-order valence-electron chi connectivity index (χ3n) is 3.59. The zero-order valence-electron chi connectivity index (χ0n) is 11.8. The Morgan fingerprint density at radius 2 is 2.19 bits per heavy atom. The second-order valence-electron chi connectivity index (χ2n) is 5.70. The van der Waals surface area contributed by atoms with Crippen LogP contribution in [-0.2, 0) is 9.59 Å². The largest absolute Gasteiger partial charge is 0.481 e. The van der Waals surface area contributed by atoms with Crippen molar-refractivity contribution in [2.24, 2.45) is 11.8 Å². The van der Waals surface area contributed by atoms with Gasteiger partial charge in [-0.05, 0) is 23.6 Å². The zero-order chi connectivity index (χ0) is 15.7. The highest BCUT2D eigenvalue weighted by Crippen LogP contribution is 2.42. The topological polar surface area (TPSA) is 57.6 Å². The van der Waals surface area contributed by atoms with Gasteiger partial charge in [0.15, 0.2) is 0 Å². The maximum Gasteiger partial charge on any atom is 0.309 e. The van der Waals surface area contributed by atoms with Crippen molar-refractivity contribution >= 4 is 39.4 Å². The van der Waals surface area contributed by atoms with Crippen molar-refractivity contribution in [2.75, 3.05) is 6.54 Å². The van der Waals surface area contributed by atoms with Crippen molar-refractivity contribution in [1.82, 2.24) is 4.90 Å². The molecule has 1 aromatic carbocycles. The Labute approximate surface area is 137 Å². The van der Waals surface area contributed by atoms with Gasteiger partial charge in [-0.2, -0.15) is 0 Å². The summed E-state index contributed by atoms with van der Waals surface area (Å²) in [5.74, 6) is -1.58. The fourth-order valence-corrected chi connectivity index (χ4v) is 3.53. The highest BCUT2D eigenvalue weighted by atomic mass is 79.9. The van der Waals surface area contributed by atoms with Gasteiger partial charge in [0.1, 0.15) is 0 Å². The summed E-state index contributed by atoms with van der Waals surface area (Å²) in [7, 11) is 0. The first kappa shape index (κ1) is 16.3.